The van der Waals surface area contributed by atoms with Crippen LogP contribution in [-0.4, -0.2) is 34.4 Å². The third-order valence-corrected chi connectivity index (χ3v) is 3.95. The highest BCUT2D eigenvalue weighted by atomic mass is 19.1. The zero-order valence-corrected chi connectivity index (χ0v) is 15.6. The van der Waals surface area contributed by atoms with Gasteiger partial charge in [-0.1, -0.05) is 18.2 Å². The van der Waals surface area contributed by atoms with Gasteiger partial charge in [0, 0.05) is 23.5 Å². The van der Waals surface area contributed by atoms with Gasteiger partial charge in [0.05, 0.1) is 17.9 Å². The largest absolute Gasteiger partial charge is 0.489 e. The van der Waals surface area contributed by atoms with E-state index in [1.165, 1.54) is 32.2 Å². The number of carbonyl (C=O) groups excluding carboxylic acids is 2. The van der Waals surface area contributed by atoms with Crippen molar-refractivity contribution < 1.29 is 23.8 Å². The standard InChI is InChI=1S/C20H22FN3O4/c1-13(22)18(19(27)24-20(2,11-25)12-26)17-9-15(7-8-23-17)28-10-14-5-3-4-6-16(14)21/h3-9,11,26H,10,12,22H2,1-2H3,(H,24,27)/b18-13+. The molecule has 8 heteroatoms. The van der Waals surface area contributed by atoms with Crippen LogP contribution >= 0.6 is 0 Å². The van der Waals surface area contributed by atoms with Crippen LogP contribution in [0.1, 0.15) is 25.1 Å². The number of ether oxygens (including phenoxy) is 1. The fourth-order valence-corrected chi connectivity index (χ4v) is 2.34. The molecule has 1 amide bonds. The number of hydrogen-bond donors (Lipinski definition) is 3. The molecule has 1 unspecified atom stereocenters. The lowest BCUT2D eigenvalue weighted by molar-refractivity contribution is -0.123. The summed E-state index contributed by atoms with van der Waals surface area (Å²) in [6.07, 6.45) is 1.86. The Bertz CT molecular complexity index is 897. The first-order valence-corrected chi connectivity index (χ1v) is 8.48. The molecular weight excluding hydrogens is 365 g/mol. The summed E-state index contributed by atoms with van der Waals surface area (Å²) in [5.41, 5.74) is 5.21. The quantitative estimate of drug-likeness (QED) is 0.468. The van der Waals surface area contributed by atoms with Crippen molar-refractivity contribution in [3.05, 3.63) is 65.4 Å². The molecule has 0 radical (unpaired) electrons. The third-order valence-electron chi connectivity index (χ3n) is 3.95. The SMILES string of the molecule is C/C(N)=C(\C(=O)NC(C)(C=O)CO)c1cc(OCc2ccccc2F)ccn1. The maximum Gasteiger partial charge on any atom is 0.256 e. The number of allylic oxidation sites excluding steroid dienone is 1. The molecule has 2 aromatic rings. The summed E-state index contributed by atoms with van der Waals surface area (Å²) >= 11 is 0. The molecule has 28 heavy (non-hydrogen) atoms. The lowest BCUT2D eigenvalue weighted by Gasteiger charge is -2.23. The predicted molar refractivity (Wildman–Crippen MR) is 101 cm³/mol. The fraction of sp³-hybridized carbons (Fsp3) is 0.250. The van der Waals surface area contributed by atoms with Gasteiger partial charge in [-0.2, -0.15) is 0 Å². The summed E-state index contributed by atoms with van der Waals surface area (Å²) in [5, 5.41) is 11.7. The minimum atomic E-state index is -1.45. The van der Waals surface area contributed by atoms with Crippen molar-refractivity contribution in [3.8, 4) is 5.75 Å². The number of aliphatic hydroxyl groups excluding tert-OH is 1. The van der Waals surface area contributed by atoms with Crippen molar-refractivity contribution in [2.45, 2.75) is 26.0 Å². The van der Waals surface area contributed by atoms with Gasteiger partial charge in [0.1, 0.15) is 30.0 Å². The summed E-state index contributed by atoms with van der Waals surface area (Å²) in [5.74, 6) is -0.686. The normalized spacial score (nSPS) is 13.9. The molecule has 0 bridgehead atoms. The van der Waals surface area contributed by atoms with Crippen molar-refractivity contribution in [3.63, 3.8) is 0 Å². The molecule has 1 heterocycles. The molecule has 0 saturated heterocycles. The lowest BCUT2D eigenvalue weighted by Crippen LogP contribution is -2.50. The van der Waals surface area contributed by atoms with Crippen molar-refractivity contribution in [2.24, 2.45) is 5.73 Å². The molecular formula is C20H22FN3O4. The number of halogens is 1. The van der Waals surface area contributed by atoms with Gasteiger partial charge in [0.25, 0.3) is 5.91 Å². The Hall–Kier alpha value is -3.26. The van der Waals surface area contributed by atoms with E-state index in [1.807, 2.05) is 0 Å². The predicted octanol–water partition coefficient (Wildman–Crippen LogP) is 1.56. The first kappa shape index (κ1) is 21.0. The molecule has 1 aromatic carbocycles. The molecule has 0 aliphatic heterocycles. The molecule has 7 nitrogen and oxygen atoms in total. The van der Waals surface area contributed by atoms with E-state index in [1.54, 1.807) is 24.3 Å². The number of nitrogens with two attached hydrogens (primary N) is 1. The van der Waals surface area contributed by atoms with E-state index in [4.69, 9.17) is 10.5 Å². The molecule has 1 atom stereocenters. The van der Waals surface area contributed by atoms with Gasteiger partial charge in [-0.25, -0.2) is 4.39 Å². The van der Waals surface area contributed by atoms with Gasteiger partial charge in [-0.15, -0.1) is 0 Å². The van der Waals surface area contributed by atoms with E-state index in [-0.39, 0.29) is 29.4 Å². The molecule has 0 spiro atoms. The highest BCUT2D eigenvalue weighted by Gasteiger charge is 2.28. The van der Waals surface area contributed by atoms with Crippen LogP contribution in [0.4, 0.5) is 4.39 Å². The van der Waals surface area contributed by atoms with Gasteiger partial charge < -0.3 is 25.7 Å². The molecule has 0 fully saturated rings. The van der Waals surface area contributed by atoms with Crippen LogP contribution < -0.4 is 15.8 Å². The number of amides is 1. The van der Waals surface area contributed by atoms with Crippen LogP contribution in [0, 0.1) is 5.82 Å². The van der Waals surface area contributed by atoms with E-state index in [9.17, 15) is 19.1 Å². The number of rotatable bonds is 8. The zero-order valence-electron chi connectivity index (χ0n) is 15.6. The van der Waals surface area contributed by atoms with Crippen molar-refractivity contribution in [1.29, 1.82) is 0 Å². The van der Waals surface area contributed by atoms with Crippen LogP contribution in [0.5, 0.6) is 5.75 Å². The maximum absolute atomic E-state index is 13.7. The minimum Gasteiger partial charge on any atom is -0.489 e. The van der Waals surface area contributed by atoms with Crippen LogP contribution in [-0.2, 0) is 16.2 Å². The Morgan fingerprint density at radius 2 is 2.11 bits per heavy atom. The Morgan fingerprint density at radius 3 is 2.71 bits per heavy atom. The van der Waals surface area contributed by atoms with E-state index in [2.05, 4.69) is 10.3 Å². The fourth-order valence-electron chi connectivity index (χ4n) is 2.34. The van der Waals surface area contributed by atoms with Crippen LogP contribution in [0.2, 0.25) is 0 Å². The second kappa shape index (κ2) is 9.09. The number of aldehydes is 1. The first-order valence-electron chi connectivity index (χ1n) is 8.48. The molecule has 4 N–H and O–H groups in total. The molecule has 0 aliphatic carbocycles. The number of carbonyl (C=O) groups is 2. The smallest absolute Gasteiger partial charge is 0.256 e. The van der Waals surface area contributed by atoms with E-state index < -0.39 is 18.1 Å². The van der Waals surface area contributed by atoms with Crippen LogP contribution in [0.25, 0.3) is 5.57 Å². The van der Waals surface area contributed by atoms with E-state index in [0.29, 0.717) is 17.6 Å². The Kier molecular flexibility index (Phi) is 6.84. The number of benzene rings is 1. The second-order valence-electron chi connectivity index (χ2n) is 6.46. The summed E-state index contributed by atoms with van der Waals surface area (Å²) in [6, 6.07) is 9.29. The molecule has 0 aliphatic rings. The summed E-state index contributed by atoms with van der Waals surface area (Å²) < 4.78 is 19.3. The lowest BCUT2D eigenvalue weighted by atomic mass is 10.0. The Morgan fingerprint density at radius 1 is 1.39 bits per heavy atom. The zero-order chi connectivity index (χ0) is 20.7. The van der Waals surface area contributed by atoms with E-state index >= 15 is 0 Å². The highest BCUT2D eigenvalue weighted by molar-refractivity contribution is 6.20. The van der Waals surface area contributed by atoms with Gasteiger partial charge in [-0.05, 0) is 26.0 Å². The third kappa shape index (κ3) is 5.14. The summed E-state index contributed by atoms with van der Waals surface area (Å²) in [7, 11) is 0. The molecule has 148 valence electrons. The van der Waals surface area contributed by atoms with Crippen molar-refractivity contribution in [1.82, 2.24) is 10.3 Å². The Labute approximate surface area is 162 Å². The maximum atomic E-state index is 13.7. The number of aliphatic hydroxyl groups is 1. The molecule has 2 rings (SSSR count). The highest BCUT2D eigenvalue weighted by Crippen LogP contribution is 2.21. The number of nitrogens with zero attached hydrogens (tertiary/aromatic N) is 1. The van der Waals surface area contributed by atoms with Gasteiger partial charge in [0.2, 0.25) is 0 Å². The molecule has 0 saturated carbocycles. The Balaban J connectivity index is 2.24. The van der Waals surface area contributed by atoms with Gasteiger partial charge >= 0.3 is 0 Å². The van der Waals surface area contributed by atoms with Crippen LogP contribution in [0.15, 0.2) is 48.3 Å². The number of pyridine rings is 1. The minimum absolute atomic E-state index is 0.00327. The topological polar surface area (TPSA) is 115 Å². The van der Waals surface area contributed by atoms with E-state index in [0.717, 1.165) is 0 Å². The second-order valence-corrected chi connectivity index (χ2v) is 6.46. The van der Waals surface area contributed by atoms with Crippen molar-refractivity contribution in [2.75, 3.05) is 6.61 Å². The number of nitrogens with one attached hydrogen (secondary N) is 1. The number of hydrogen-bond acceptors (Lipinski definition) is 6. The molecule has 1 aromatic heterocycles. The van der Waals surface area contributed by atoms with Crippen molar-refractivity contribution >= 4 is 17.8 Å². The van der Waals surface area contributed by atoms with Crippen LogP contribution in [0.3, 0.4) is 0 Å². The van der Waals surface area contributed by atoms with Gasteiger partial charge in [0.15, 0.2) is 0 Å². The average Bonchev–Trinajstić information content (AvgIpc) is 2.67. The monoisotopic (exact) mass is 387 g/mol. The summed E-state index contributed by atoms with van der Waals surface area (Å²) in [4.78, 5) is 27.9. The average molecular weight is 387 g/mol. The van der Waals surface area contributed by atoms with Gasteiger partial charge in [-0.3, -0.25) is 9.78 Å². The summed E-state index contributed by atoms with van der Waals surface area (Å²) in [6.45, 7) is 2.32. The number of aromatic nitrogens is 1. The first-order chi connectivity index (χ1) is 13.3.